The minimum Gasteiger partial charge on any atom is -0.481 e. The fourth-order valence-corrected chi connectivity index (χ4v) is 4.78. The van der Waals surface area contributed by atoms with E-state index in [1.165, 1.54) is 28.6 Å². The molecule has 1 saturated carbocycles. The number of halogens is 1. The smallest absolute Gasteiger partial charge is 0.307 e. The SMILES string of the molecule is O=C(O)C1CCC1C(=O)N1CCN(S(=O)(=O)c2ccc(Cl)cc2)CC1. The van der Waals surface area contributed by atoms with Gasteiger partial charge in [-0.3, -0.25) is 9.59 Å². The average Bonchev–Trinajstić information content (AvgIpc) is 2.53. The monoisotopic (exact) mass is 386 g/mol. The van der Waals surface area contributed by atoms with Crippen LogP contribution in [-0.2, 0) is 19.6 Å². The fourth-order valence-electron chi connectivity index (χ4n) is 3.23. The summed E-state index contributed by atoms with van der Waals surface area (Å²) >= 11 is 5.79. The van der Waals surface area contributed by atoms with E-state index in [1.807, 2.05) is 0 Å². The lowest BCUT2D eigenvalue weighted by molar-refractivity contribution is -0.157. The number of hydrogen-bond acceptors (Lipinski definition) is 4. The summed E-state index contributed by atoms with van der Waals surface area (Å²) in [7, 11) is -3.62. The molecule has 25 heavy (non-hydrogen) atoms. The van der Waals surface area contributed by atoms with Crippen molar-refractivity contribution in [3.05, 3.63) is 29.3 Å². The van der Waals surface area contributed by atoms with Gasteiger partial charge < -0.3 is 10.0 Å². The van der Waals surface area contributed by atoms with Gasteiger partial charge in [-0.05, 0) is 37.1 Å². The summed E-state index contributed by atoms with van der Waals surface area (Å²) < 4.78 is 26.6. The maximum Gasteiger partial charge on any atom is 0.307 e. The molecule has 0 radical (unpaired) electrons. The normalized spacial score (nSPS) is 24.6. The number of carboxylic acid groups (broad SMARTS) is 1. The van der Waals surface area contributed by atoms with Crippen LogP contribution >= 0.6 is 11.6 Å². The summed E-state index contributed by atoms with van der Waals surface area (Å²) in [5, 5.41) is 9.54. The molecule has 0 aromatic heterocycles. The number of rotatable bonds is 4. The van der Waals surface area contributed by atoms with Crippen molar-refractivity contribution >= 4 is 33.5 Å². The predicted octanol–water partition coefficient (Wildman–Crippen LogP) is 1.28. The number of hydrogen-bond donors (Lipinski definition) is 1. The summed E-state index contributed by atoms with van der Waals surface area (Å²) in [6, 6.07) is 5.97. The molecular weight excluding hydrogens is 368 g/mol. The second-order valence-electron chi connectivity index (χ2n) is 6.31. The summed E-state index contributed by atoms with van der Waals surface area (Å²) in [6.45, 7) is 0.936. The van der Waals surface area contributed by atoms with Gasteiger partial charge in [0.15, 0.2) is 0 Å². The van der Waals surface area contributed by atoms with Gasteiger partial charge in [0, 0.05) is 31.2 Å². The van der Waals surface area contributed by atoms with Crippen LogP contribution in [0.1, 0.15) is 12.8 Å². The molecule has 1 aromatic rings. The molecule has 3 rings (SSSR count). The largest absolute Gasteiger partial charge is 0.481 e. The summed E-state index contributed by atoms with van der Waals surface area (Å²) in [4.78, 5) is 25.3. The van der Waals surface area contributed by atoms with E-state index in [-0.39, 0.29) is 37.0 Å². The zero-order valence-electron chi connectivity index (χ0n) is 13.5. The van der Waals surface area contributed by atoms with Crippen LogP contribution in [0.2, 0.25) is 5.02 Å². The van der Waals surface area contributed by atoms with Gasteiger partial charge in [-0.1, -0.05) is 11.6 Å². The summed E-state index contributed by atoms with van der Waals surface area (Å²) in [6.07, 6.45) is 1.11. The van der Waals surface area contributed by atoms with Gasteiger partial charge in [0.05, 0.1) is 16.7 Å². The first-order chi connectivity index (χ1) is 11.8. The van der Waals surface area contributed by atoms with Gasteiger partial charge in [-0.2, -0.15) is 4.31 Å². The van der Waals surface area contributed by atoms with Crippen molar-refractivity contribution in [3.8, 4) is 0 Å². The van der Waals surface area contributed by atoms with Crippen LogP contribution in [0.4, 0.5) is 0 Å². The summed E-state index contributed by atoms with van der Waals surface area (Å²) in [5.74, 6) is -2.20. The highest BCUT2D eigenvalue weighted by Crippen LogP contribution is 2.36. The molecule has 1 amide bonds. The first kappa shape index (κ1) is 18.2. The van der Waals surface area contributed by atoms with Gasteiger partial charge >= 0.3 is 5.97 Å². The molecule has 1 aromatic carbocycles. The zero-order valence-corrected chi connectivity index (χ0v) is 15.0. The van der Waals surface area contributed by atoms with Crippen LogP contribution in [0.25, 0.3) is 0 Å². The highest BCUT2D eigenvalue weighted by atomic mass is 35.5. The molecule has 1 aliphatic carbocycles. The third kappa shape index (κ3) is 3.51. The molecule has 2 fully saturated rings. The number of nitrogens with zero attached hydrogens (tertiary/aromatic N) is 2. The third-order valence-electron chi connectivity index (χ3n) is 4.91. The van der Waals surface area contributed by atoms with Crippen LogP contribution in [-0.4, -0.2) is 60.8 Å². The Morgan fingerprint density at radius 1 is 1.00 bits per heavy atom. The molecule has 1 heterocycles. The number of amides is 1. The van der Waals surface area contributed by atoms with Crippen molar-refractivity contribution in [3.63, 3.8) is 0 Å². The Hall–Kier alpha value is -1.64. The summed E-state index contributed by atoms with van der Waals surface area (Å²) in [5.41, 5.74) is 0. The van der Waals surface area contributed by atoms with Gasteiger partial charge in [0.25, 0.3) is 0 Å². The lowest BCUT2D eigenvalue weighted by Gasteiger charge is -2.40. The van der Waals surface area contributed by atoms with E-state index in [9.17, 15) is 18.0 Å². The molecule has 136 valence electrons. The van der Waals surface area contributed by atoms with Gasteiger partial charge in [0.1, 0.15) is 0 Å². The second-order valence-corrected chi connectivity index (χ2v) is 8.69. The van der Waals surface area contributed by atoms with E-state index in [1.54, 1.807) is 4.90 Å². The number of carbonyl (C=O) groups excluding carboxylic acids is 1. The van der Waals surface area contributed by atoms with Crippen LogP contribution in [0.15, 0.2) is 29.2 Å². The van der Waals surface area contributed by atoms with E-state index in [0.717, 1.165) is 0 Å². The Morgan fingerprint density at radius 2 is 1.56 bits per heavy atom. The molecule has 2 atom stereocenters. The Kier molecular flexibility index (Phi) is 5.04. The minimum atomic E-state index is -3.62. The quantitative estimate of drug-likeness (QED) is 0.841. The van der Waals surface area contributed by atoms with Crippen molar-refractivity contribution in [1.82, 2.24) is 9.21 Å². The van der Waals surface area contributed by atoms with Crippen molar-refractivity contribution in [2.75, 3.05) is 26.2 Å². The Labute approximate surface area is 151 Å². The zero-order chi connectivity index (χ0) is 18.2. The van der Waals surface area contributed by atoms with E-state index in [2.05, 4.69) is 0 Å². The van der Waals surface area contributed by atoms with E-state index in [4.69, 9.17) is 16.7 Å². The number of piperazine rings is 1. The standard InChI is InChI=1S/C16H19ClN2O5S/c17-11-1-3-12(4-2-11)25(23,24)19-9-7-18(8-10-19)15(20)13-5-6-14(13)16(21)22/h1-4,13-14H,5-10H2,(H,21,22). The number of aliphatic carboxylic acids is 1. The van der Waals surface area contributed by atoms with Gasteiger partial charge in [-0.25, -0.2) is 8.42 Å². The average molecular weight is 387 g/mol. The van der Waals surface area contributed by atoms with Crippen molar-refractivity contribution in [1.29, 1.82) is 0 Å². The molecule has 0 bridgehead atoms. The van der Waals surface area contributed by atoms with Crippen LogP contribution in [0.5, 0.6) is 0 Å². The first-order valence-electron chi connectivity index (χ1n) is 8.08. The number of benzene rings is 1. The third-order valence-corrected chi connectivity index (χ3v) is 7.08. The maximum absolute atomic E-state index is 12.6. The highest BCUT2D eigenvalue weighted by molar-refractivity contribution is 7.89. The molecule has 2 aliphatic rings. The topological polar surface area (TPSA) is 95.0 Å². The van der Waals surface area contributed by atoms with Crippen LogP contribution < -0.4 is 0 Å². The van der Waals surface area contributed by atoms with Crippen molar-refractivity contribution in [2.45, 2.75) is 17.7 Å². The number of carboxylic acids is 1. The Balaban J connectivity index is 1.63. The minimum absolute atomic E-state index is 0.168. The first-order valence-corrected chi connectivity index (χ1v) is 9.90. The molecular formula is C16H19ClN2O5S. The number of sulfonamides is 1. The van der Waals surface area contributed by atoms with Crippen LogP contribution in [0, 0.1) is 11.8 Å². The van der Waals surface area contributed by atoms with Crippen molar-refractivity contribution in [2.24, 2.45) is 11.8 Å². The van der Waals surface area contributed by atoms with Crippen LogP contribution in [0.3, 0.4) is 0 Å². The predicted molar refractivity (Wildman–Crippen MR) is 90.6 cm³/mol. The molecule has 0 spiro atoms. The molecule has 1 aliphatic heterocycles. The molecule has 7 nitrogen and oxygen atoms in total. The molecule has 2 unspecified atom stereocenters. The van der Waals surface area contributed by atoms with E-state index < -0.39 is 27.8 Å². The lowest BCUT2D eigenvalue weighted by Crippen LogP contribution is -2.54. The Bertz CT molecular complexity index is 772. The van der Waals surface area contributed by atoms with Gasteiger partial charge in [-0.15, -0.1) is 0 Å². The highest BCUT2D eigenvalue weighted by Gasteiger charge is 2.44. The molecule has 9 heteroatoms. The number of carbonyl (C=O) groups is 2. The maximum atomic E-state index is 12.6. The van der Waals surface area contributed by atoms with Gasteiger partial charge in [0.2, 0.25) is 15.9 Å². The molecule has 1 N–H and O–H groups in total. The lowest BCUT2D eigenvalue weighted by atomic mass is 9.73. The Morgan fingerprint density at radius 3 is 2.04 bits per heavy atom. The second kappa shape index (κ2) is 6.93. The molecule has 1 saturated heterocycles. The van der Waals surface area contributed by atoms with Crippen molar-refractivity contribution < 1.29 is 23.1 Å². The fraction of sp³-hybridized carbons (Fsp3) is 0.500. The van der Waals surface area contributed by atoms with E-state index in [0.29, 0.717) is 17.9 Å². The van der Waals surface area contributed by atoms with E-state index >= 15 is 0 Å².